The van der Waals surface area contributed by atoms with E-state index in [-0.39, 0.29) is 11.6 Å². The molecule has 0 saturated carbocycles. The summed E-state index contributed by atoms with van der Waals surface area (Å²) >= 11 is 0. The molecule has 3 rings (SSSR count). The van der Waals surface area contributed by atoms with Gasteiger partial charge < -0.3 is 4.74 Å². The van der Waals surface area contributed by atoms with Crippen molar-refractivity contribution in [3.8, 4) is 5.75 Å². The lowest BCUT2D eigenvalue weighted by Gasteiger charge is -2.22. The molecular formula is C21H20O3. The van der Waals surface area contributed by atoms with Crippen molar-refractivity contribution in [2.75, 3.05) is 7.11 Å². The van der Waals surface area contributed by atoms with Crippen LogP contribution in [0.5, 0.6) is 5.75 Å². The summed E-state index contributed by atoms with van der Waals surface area (Å²) in [5, 5.41) is 0. The highest BCUT2D eigenvalue weighted by molar-refractivity contribution is 6.29. The molecule has 0 fully saturated rings. The second kappa shape index (κ2) is 6.44. The van der Waals surface area contributed by atoms with Crippen molar-refractivity contribution < 1.29 is 14.3 Å². The molecule has 1 aliphatic rings. The molecule has 0 aliphatic heterocycles. The number of hydrogen-bond donors (Lipinski definition) is 0. The molecule has 122 valence electrons. The van der Waals surface area contributed by atoms with Crippen molar-refractivity contribution in [2.45, 2.75) is 26.7 Å². The number of carbonyl (C=O) groups is 2. The maximum atomic E-state index is 13.0. The van der Waals surface area contributed by atoms with Crippen LogP contribution in [0, 0.1) is 6.92 Å². The van der Waals surface area contributed by atoms with Gasteiger partial charge in [-0.25, -0.2) is 0 Å². The fraction of sp³-hybridized carbons (Fsp3) is 0.238. The smallest absolute Gasteiger partial charge is 0.198 e. The standard InChI is InChI=1S/C21H20O3/c1-4-5-6-9-14-13(2)12-17-18(21(14)24-3)20(23)16-11-8-7-10-15(16)19(17)22/h5-8,10-12H,4,9H2,1-3H3. The quantitative estimate of drug-likeness (QED) is 0.674. The Hall–Kier alpha value is -2.68. The summed E-state index contributed by atoms with van der Waals surface area (Å²) in [5.41, 5.74) is 3.68. The van der Waals surface area contributed by atoms with Gasteiger partial charge >= 0.3 is 0 Å². The molecule has 1 aliphatic carbocycles. The van der Waals surface area contributed by atoms with Crippen LogP contribution in [0.25, 0.3) is 0 Å². The molecule has 0 N–H and O–H groups in total. The number of fused-ring (bicyclic) bond motifs is 2. The highest BCUT2D eigenvalue weighted by atomic mass is 16.5. The molecule has 0 amide bonds. The lowest BCUT2D eigenvalue weighted by Crippen LogP contribution is -2.22. The monoisotopic (exact) mass is 320 g/mol. The van der Waals surface area contributed by atoms with E-state index < -0.39 is 0 Å². The van der Waals surface area contributed by atoms with Gasteiger partial charge in [-0.05, 0) is 31.4 Å². The van der Waals surface area contributed by atoms with Gasteiger partial charge in [0.25, 0.3) is 0 Å². The fourth-order valence-electron chi connectivity index (χ4n) is 3.24. The van der Waals surface area contributed by atoms with Crippen molar-refractivity contribution in [3.05, 3.63) is 75.9 Å². The molecule has 2 aromatic carbocycles. The second-order valence-corrected chi connectivity index (χ2v) is 5.92. The number of rotatable bonds is 4. The topological polar surface area (TPSA) is 43.4 Å². The van der Waals surface area contributed by atoms with E-state index in [2.05, 4.69) is 19.1 Å². The fourth-order valence-corrected chi connectivity index (χ4v) is 3.24. The molecule has 0 aromatic heterocycles. The van der Waals surface area contributed by atoms with Crippen molar-refractivity contribution in [3.63, 3.8) is 0 Å². The molecule has 0 heterocycles. The zero-order valence-electron chi connectivity index (χ0n) is 14.2. The molecule has 0 spiro atoms. The molecule has 24 heavy (non-hydrogen) atoms. The van der Waals surface area contributed by atoms with Crippen LogP contribution in [0.4, 0.5) is 0 Å². The van der Waals surface area contributed by atoms with Crippen LogP contribution in [-0.2, 0) is 6.42 Å². The minimum Gasteiger partial charge on any atom is -0.496 e. The predicted molar refractivity (Wildman–Crippen MR) is 94.2 cm³/mol. The Balaban J connectivity index is 2.23. The summed E-state index contributed by atoms with van der Waals surface area (Å²) in [4.78, 5) is 25.8. The van der Waals surface area contributed by atoms with Crippen LogP contribution in [0.2, 0.25) is 0 Å². The normalized spacial score (nSPS) is 13.1. The predicted octanol–water partition coefficient (Wildman–Crippen LogP) is 4.29. The number of methoxy groups -OCH3 is 1. The molecular weight excluding hydrogens is 300 g/mol. The molecule has 2 aromatic rings. The third-order valence-corrected chi connectivity index (χ3v) is 4.42. The molecule has 0 saturated heterocycles. The summed E-state index contributed by atoms with van der Waals surface area (Å²) in [6.07, 6.45) is 5.79. The van der Waals surface area contributed by atoms with Gasteiger partial charge in [0.2, 0.25) is 0 Å². The Bertz CT molecular complexity index is 860. The van der Waals surface area contributed by atoms with Gasteiger partial charge in [0, 0.05) is 22.3 Å². The highest BCUT2D eigenvalue weighted by Crippen LogP contribution is 2.37. The zero-order valence-corrected chi connectivity index (χ0v) is 14.2. The van der Waals surface area contributed by atoms with Crippen LogP contribution in [-0.4, -0.2) is 18.7 Å². The van der Waals surface area contributed by atoms with E-state index in [1.165, 1.54) is 0 Å². The summed E-state index contributed by atoms with van der Waals surface area (Å²) in [6.45, 7) is 4.03. The van der Waals surface area contributed by atoms with Gasteiger partial charge in [0.15, 0.2) is 11.6 Å². The SMILES string of the molecule is CCC=CCc1c(C)cc2c(c1OC)C(=O)c1ccccc1C2=O. The van der Waals surface area contributed by atoms with E-state index >= 15 is 0 Å². The van der Waals surface area contributed by atoms with Gasteiger partial charge in [-0.2, -0.15) is 0 Å². The molecule has 3 nitrogen and oxygen atoms in total. The Labute approximate surface area is 142 Å². The zero-order chi connectivity index (χ0) is 17.3. The largest absolute Gasteiger partial charge is 0.496 e. The summed E-state index contributed by atoms with van der Waals surface area (Å²) < 4.78 is 5.58. The average molecular weight is 320 g/mol. The highest BCUT2D eigenvalue weighted by Gasteiger charge is 2.33. The number of ether oxygens (including phenoxy) is 1. The van der Waals surface area contributed by atoms with Crippen LogP contribution < -0.4 is 4.74 Å². The van der Waals surface area contributed by atoms with Crippen LogP contribution >= 0.6 is 0 Å². The van der Waals surface area contributed by atoms with E-state index in [1.54, 1.807) is 31.4 Å². The minimum atomic E-state index is -0.141. The van der Waals surface area contributed by atoms with Gasteiger partial charge in [0.05, 0.1) is 12.7 Å². The molecule has 3 heteroatoms. The molecule has 0 atom stereocenters. The lowest BCUT2D eigenvalue weighted by atomic mass is 9.81. The first-order chi connectivity index (χ1) is 11.6. The number of hydrogen-bond acceptors (Lipinski definition) is 3. The molecule has 0 unspecified atom stereocenters. The Morgan fingerprint density at radius 2 is 1.67 bits per heavy atom. The summed E-state index contributed by atoms with van der Waals surface area (Å²) in [6, 6.07) is 8.79. The van der Waals surface area contributed by atoms with Crippen molar-refractivity contribution in [1.29, 1.82) is 0 Å². The van der Waals surface area contributed by atoms with Gasteiger partial charge in [-0.15, -0.1) is 0 Å². The first-order valence-corrected chi connectivity index (χ1v) is 8.14. The first kappa shape index (κ1) is 16.2. The van der Waals surface area contributed by atoms with Crippen molar-refractivity contribution in [2.24, 2.45) is 0 Å². The van der Waals surface area contributed by atoms with Crippen LogP contribution in [0.1, 0.15) is 56.3 Å². The second-order valence-electron chi connectivity index (χ2n) is 5.92. The summed E-state index contributed by atoms with van der Waals surface area (Å²) in [7, 11) is 1.56. The number of aryl methyl sites for hydroxylation is 1. The van der Waals surface area contributed by atoms with Gasteiger partial charge in [-0.1, -0.05) is 43.3 Å². The lowest BCUT2D eigenvalue weighted by molar-refractivity contribution is 0.0976. The van der Waals surface area contributed by atoms with Gasteiger partial charge in [-0.3, -0.25) is 9.59 Å². The molecule has 0 bridgehead atoms. The number of ketones is 2. The Morgan fingerprint density at radius 3 is 2.29 bits per heavy atom. The Morgan fingerprint density at radius 1 is 1.00 bits per heavy atom. The van der Waals surface area contributed by atoms with E-state index in [1.807, 2.05) is 13.0 Å². The van der Waals surface area contributed by atoms with E-state index in [0.29, 0.717) is 34.4 Å². The number of allylic oxidation sites excluding steroid dienone is 2. The maximum absolute atomic E-state index is 13.0. The van der Waals surface area contributed by atoms with E-state index in [4.69, 9.17) is 4.74 Å². The molecule has 0 radical (unpaired) electrons. The van der Waals surface area contributed by atoms with Gasteiger partial charge in [0.1, 0.15) is 5.75 Å². The van der Waals surface area contributed by atoms with Crippen LogP contribution in [0.3, 0.4) is 0 Å². The minimum absolute atomic E-state index is 0.114. The van der Waals surface area contributed by atoms with Crippen LogP contribution in [0.15, 0.2) is 42.5 Å². The maximum Gasteiger partial charge on any atom is 0.198 e. The summed E-state index contributed by atoms with van der Waals surface area (Å²) in [5.74, 6) is 0.272. The number of benzene rings is 2. The third kappa shape index (κ3) is 2.46. The first-order valence-electron chi connectivity index (χ1n) is 8.14. The Kier molecular flexibility index (Phi) is 4.34. The number of carbonyl (C=O) groups excluding carboxylic acids is 2. The van der Waals surface area contributed by atoms with Crippen molar-refractivity contribution in [1.82, 2.24) is 0 Å². The van der Waals surface area contributed by atoms with E-state index in [0.717, 1.165) is 17.5 Å². The van der Waals surface area contributed by atoms with E-state index in [9.17, 15) is 9.59 Å². The van der Waals surface area contributed by atoms with Crippen molar-refractivity contribution >= 4 is 11.6 Å². The third-order valence-electron chi connectivity index (χ3n) is 4.42. The average Bonchev–Trinajstić information content (AvgIpc) is 2.60.